The Morgan fingerprint density at radius 3 is 2.83 bits per heavy atom. The van der Waals surface area contributed by atoms with Gasteiger partial charge in [0.15, 0.2) is 0 Å². The van der Waals surface area contributed by atoms with Crippen molar-refractivity contribution in [1.29, 1.82) is 5.26 Å². The fraction of sp³-hybridized carbons (Fsp3) is 0.250. The number of benzene rings is 1. The van der Waals surface area contributed by atoms with Gasteiger partial charge in [-0.25, -0.2) is 4.79 Å². The summed E-state index contributed by atoms with van der Waals surface area (Å²) in [6.45, 7) is 1.67. The van der Waals surface area contributed by atoms with Crippen molar-refractivity contribution in [1.82, 2.24) is 0 Å². The molecule has 1 aromatic carbocycles. The SMILES string of the molecule is Cc1cccc(NC(=O)CSCC#N)c1C(=O)O. The van der Waals surface area contributed by atoms with Crippen molar-refractivity contribution in [2.75, 3.05) is 16.8 Å². The van der Waals surface area contributed by atoms with E-state index in [-0.39, 0.29) is 28.7 Å². The van der Waals surface area contributed by atoms with Crippen LogP contribution in [0, 0.1) is 18.3 Å². The van der Waals surface area contributed by atoms with E-state index in [0.29, 0.717) is 5.56 Å². The summed E-state index contributed by atoms with van der Waals surface area (Å²) in [7, 11) is 0. The Kier molecular flexibility index (Phi) is 5.21. The number of nitrogens with zero attached hydrogens (tertiary/aromatic N) is 1. The predicted molar refractivity (Wildman–Crippen MR) is 69.7 cm³/mol. The molecule has 0 spiro atoms. The van der Waals surface area contributed by atoms with Crippen LogP contribution >= 0.6 is 11.8 Å². The summed E-state index contributed by atoms with van der Waals surface area (Å²) >= 11 is 1.18. The second-order valence-corrected chi connectivity index (χ2v) is 4.49. The Balaban J connectivity index is 2.79. The molecule has 0 aromatic heterocycles. The van der Waals surface area contributed by atoms with E-state index in [1.54, 1.807) is 25.1 Å². The molecule has 18 heavy (non-hydrogen) atoms. The van der Waals surface area contributed by atoms with Gasteiger partial charge in [-0.15, -0.1) is 11.8 Å². The first-order chi connectivity index (χ1) is 8.56. The average molecular weight is 264 g/mol. The van der Waals surface area contributed by atoms with Crippen molar-refractivity contribution in [3.63, 3.8) is 0 Å². The normalized spacial score (nSPS) is 9.56. The number of amides is 1. The maximum Gasteiger partial charge on any atom is 0.338 e. The van der Waals surface area contributed by atoms with E-state index in [2.05, 4.69) is 5.32 Å². The van der Waals surface area contributed by atoms with Gasteiger partial charge in [0.05, 0.1) is 28.8 Å². The number of carboxylic acids is 1. The number of rotatable bonds is 5. The first-order valence-corrected chi connectivity index (χ1v) is 6.29. The molecule has 0 aliphatic carbocycles. The Morgan fingerprint density at radius 1 is 1.50 bits per heavy atom. The lowest BCUT2D eigenvalue weighted by molar-refractivity contribution is -0.113. The fourth-order valence-electron chi connectivity index (χ4n) is 1.43. The van der Waals surface area contributed by atoms with Crippen LogP contribution in [0.15, 0.2) is 18.2 Å². The van der Waals surface area contributed by atoms with Gasteiger partial charge in [-0.3, -0.25) is 4.79 Å². The number of hydrogen-bond donors (Lipinski definition) is 2. The summed E-state index contributed by atoms with van der Waals surface area (Å²) in [6, 6.07) is 6.81. The molecule has 1 rings (SSSR count). The molecule has 0 bridgehead atoms. The number of carbonyl (C=O) groups is 2. The first kappa shape index (κ1) is 14.1. The van der Waals surface area contributed by atoms with E-state index in [1.165, 1.54) is 11.8 Å². The van der Waals surface area contributed by atoms with Crippen LogP contribution in [-0.2, 0) is 4.79 Å². The number of aromatic carboxylic acids is 1. The third-order valence-electron chi connectivity index (χ3n) is 2.16. The van der Waals surface area contributed by atoms with Crippen LogP contribution in [0.25, 0.3) is 0 Å². The third kappa shape index (κ3) is 3.79. The highest BCUT2D eigenvalue weighted by atomic mass is 32.2. The number of nitrogens with one attached hydrogen (secondary N) is 1. The summed E-state index contributed by atoms with van der Waals surface area (Å²) in [5.74, 6) is -1.04. The molecular formula is C12H12N2O3S. The van der Waals surface area contributed by atoms with Gasteiger partial charge in [-0.05, 0) is 18.6 Å². The summed E-state index contributed by atoms with van der Waals surface area (Å²) in [5, 5.41) is 20.0. The van der Waals surface area contributed by atoms with E-state index in [0.717, 1.165) is 0 Å². The van der Waals surface area contributed by atoms with Crippen molar-refractivity contribution >= 4 is 29.3 Å². The molecule has 0 radical (unpaired) electrons. The van der Waals surface area contributed by atoms with Gasteiger partial charge >= 0.3 is 5.97 Å². The molecule has 0 aliphatic rings. The lowest BCUT2D eigenvalue weighted by Gasteiger charge is -2.09. The lowest BCUT2D eigenvalue weighted by Crippen LogP contribution is -2.17. The largest absolute Gasteiger partial charge is 0.478 e. The highest BCUT2D eigenvalue weighted by molar-refractivity contribution is 8.00. The Bertz CT molecular complexity index is 509. The van der Waals surface area contributed by atoms with E-state index < -0.39 is 5.97 Å². The van der Waals surface area contributed by atoms with Crippen LogP contribution in [0.5, 0.6) is 0 Å². The Morgan fingerprint density at radius 2 is 2.22 bits per heavy atom. The van der Waals surface area contributed by atoms with Crippen LogP contribution in [-0.4, -0.2) is 28.5 Å². The Hall–Kier alpha value is -2.00. The predicted octanol–water partition coefficient (Wildman–Crippen LogP) is 1.89. The number of carboxylic acid groups (broad SMARTS) is 1. The second kappa shape index (κ2) is 6.67. The molecular weight excluding hydrogens is 252 g/mol. The summed E-state index contributed by atoms with van der Waals surface area (Å²) in [6.07, 6.45) is 0. The van der Waals surface area contributed by atoms with Crippen LogP contribution in [0.3, 0.4) is 0 Å². The smallest absolute Gasteiger partial charge is 0.338 e. The maximum atomic E-state index is 11.5. The highest BCUT2D eigenvalue weighted by Gasteiger charge is 2.14. The molecule has 6 heteroatoms. The number of carbonyl (C=O) groups excluding carboxylic acids is 1. The molecule has 0 saturated carbocycles. The monoisotopic (exact) mass is 264 g/mol. The zero-order valence-electron chi connectivity index (χ0n) is 9.77. The molecule has 5 nitrogen and oxygen atoms in total. The zero-order valence-corrected chi connectivity index (χ0v) is 10.6. The second-order valence-electron chi connectivity index (χ2n) is 3.50. The first-order valence-electron chi connectivity index (χ1n) is 5.13. The van der Waals surface area contributed by atoms with Crippen LogP contribution in [0.1, 0.15) is 15.9 Å². The molecule has 0 fully saturated rings. The molecule has 1 amide bonds. The quantitative estimate of drug-likeness (QED) is 0.792. The van der Waals surface area contributed by atoms with Crippen molar-refractivity contribution in [2.24, 2.45) is 0 Å². The van der Waals surface area contributed by atoms with Gasteiger partial charge in [-0.1, -0.05) is 12.1 Å². The van der Waals surface area contributed by atoms with Gasteiger partial charge < -0.3 is 10.4 Å². The van der Waals surface area contributed by atoms with E-state index in [9.17, 15) is 9.59 Å². The van der Waals surface area contributed by atoms with Crippen LogP contribution in [0.4, 0.5) is 5.69 Å². The molecule has 0 atom stereocenters. The summed E-state index contributed by atoms with van der Waals surface area (Å²) < 4.78 is 0. The Labute approximate surface area is 109 Å². The number of aryl methyl sites for hydroxylation is 1. The van der Waals surface area contributed by atoms with Gasteiger partial charge in [-0.2, -0.15) is 5.26 Å². The minimum atomic E-state index is -1.08. The summed E-state index contributed by atoms with van der Waals surface area (Å²) in [5.41, 5.74) is 0.964. The molecule has 94 valence electrons. The van der Waals surface area contributed by atoms with Crippen LogP contribution in [0.2, 0.25) is 0 Å². The lowest BCUT2D eigenvalue weighted by atomic mass is 10.1. The summed E-state index contributed by atoms with van der Waals surface area (Å²) in [4.78, 5) is 22.6. The molecule has 1 aromatic rings. The van der Waals surface area contributed by atoms with E-state index in [4.69, 9.17) is 10.4 Å². The van der Waals surface area contributed by atoms with Crippen molar-refractivity contribution in [2.45, 2.75) is 6.92 Å². The van der Waals surface area contributed by atoms with Gasteiger partial charge in [0.2, 0.25) is 5.91 Å². The van der Waals surface area contributed by atoms with E-state index >= 15 is 0 Å². The van der Waals surface area contributed by atoms with Gasteiger partial charge in [0.25, 0.3) is 0 Å². The van der Waals surface area contributed by atoms with Crippen molar-refractivity contribution < 1.29 is 14.7 Å². The molecule has 0 unspecified atom stereocenters. The van der Waals surface area contributed by atoms with Crippen molar-refractivity contribution in [3.8, 4) is 6.07 Å². The average Bonchev–Trinajstić information content (AvgIpc) is 2.28. The molecule has 2 N–H and O–H groups in total. The van der Waals surface area contributed by atoms with Crippen molar-refractivity contribution in [3.05, 3.63) is 29.3 Å². The molecule has 0 aliphatic heterocycles. The fourth-order valence-corrected chi connectivity index (χ4v) is 1.88. The highest BCUT2D eigenvalue weighted by Crippen LogP contribution is 2.19. The number of anilines is 1. The molecule has 0 heterocycles. The topological polar surface area (TPSA) is 90.2 Å². The van der Waals surface area contributed by atoms with E-state index in [1.807, 2.05) is 6.07 Å². The van der Waals surface area contributed by atoms with Gasteiger partial charge in [0, 0.05) is 0 Å². The minimum Gasteiger partial charge on any atom is -0.478 e. The number of nitriles is 1. The van der Waals surface area contributed by atoms with Crippen LogP contribution < -0.4 is 5.32 Å². The standard InChI is InChI=1S/C12H12N2O3S/c1-8-3-2-4-9(11(8)12(16)17)14-10(15)7-18-6-5-13/h2-4H,6-7H2,1H3,(H,14,15)(H,16,17). The maximum absolute atomic E-state index is 11.5. The number of hydrogen-bond acceptors (Lipinski definition) is 4. The zero-order chi connectivity index (χ0) is 13.5. The minimum absolute atomic E-state index is 0.0936. The number of thioether (sulfide) groups is 1. The third-order valence-corrected chi connectivity index (χ3v) is 2.96. The van der Waals surface area contributed by atoms with Gasteiger partial charge in [0.1, 0.15) is 0 Å². The molecule has 0 saturated heterocycles.